The highest BCUT2D eigenvalue weighted by Crippen LogP contribution is 2.16. The summed E-state index contributed by atoms with van der Waals surface area (Å²) < 4.78 is 5.03. The van der Waals surface area contributed by atoms with Crippen LogP contribution in [0.3, 0.4) is 0 Å². The molecule has 0 aliphatic carbocycles. The van der Waals surface area contributed by atoms with Crippen molar-refractivity contribution in [2.45, 2.75) is 38.8 Å². The summed E-state index contributed by atoms with van der Waals surface area (Å²) in [6.07, 6.45) is 2.22. The van der Waals surface area contributed by atoms with Crippen molar-refractivity contribution in [1.82, 2.24) is 4.90 Å². The van der Waals surface area contributed by atoms with E-state index >= 15 is 0 Å². The van der Waals surface area contributed by atoms with Crippen LogP contribution in [-0.4, -0.2) is 36.0 Å². The fourth-order valence-electron chi connectivity index (χ4n) is 1.48. The zero-order valence-corrected chi connectivity index (χ0v) is 8.03. The van der Waals surface area contributed by atoms with E-state index in [-0.39, 0.29) is 18.1 Å². The number of hydrogen-bond acceptors (Lipinski definition) is 3. The number of likely N-dealkylation sites (tertiary alicyclic amines) is 1. The van der Waals surface area contributed by atoms with Crippen molar-refractivity contribution in [3.63, 3.8) is 0 Å². The third kappa shape index (κ3) is 2.44. The first-order valence-corrected chi connectivity index (χ1v) is 4.56. The molecule has 0 spiro atoms. The van der Waals surface area contributed by atoms with E-state index in [2.05, 4.69) is 0 Å². The third-order valence-electron chi connectivity index (χ3n) is 2.05. The molecule has 1 aliphatic rings. The smallest absolute Gasteiger partial charge is 0.329 e. The Morgan fingerprint density at radius 2 is 2.31 bits per heavy atom. The summed E-state index contributed by atoms with van der Waals surface area (Å²) in [6.45, 7) is 4.28. The van der Waals surface area contributed by atoms with Gasteiger partial charge < -0.3 is 9.64 Å². The number of nitrogens with zero attached hydrogens (tertiary/aromatic N) is 1. The number of carbonyl (C=O) groups excluding carboxylic acids is 2. The quantitative estimate of drug-likeness (QED) is 0.476. The molecule has 1 atom stereocenters. The van der Waals surface area contributed by atoms with Crippen LogP contribution < -0.4 is 0 Å². The SMILES string of the molecule is CC(C)OC(=O)C1CCCN1C=O. The van der Waals surface area contributed by atoms with Crippen LogP contribution in [0.15, 0.2) is 0 Å². The number of esters is 1. The van der Waals surface area contributed by atoms with Crippen LogP contribution in [-0.2, 0) is 14.3 Å². The largest absolute Gasteiger partial charge is 0.461 e. The minimum absolute atomic E-state index is 0.110. The van der Waals surface area contributed by atoms with Gasteiger partial charge in [-0.2, -0.15) is 0 Å². The summed E-state index contributed by atoms with van der Waals surface area (Å²) in [5, 5.41) is 0. The molecule has 0 aromatic rings. The van der Waals surface area contributed by atoms with E-state index in [9.17, 15) is 9.59 Å². The van der Waals surface area contributed by atoms with Crippen LogP contribution in [0.1, 0.15) is 26.7 Å². The van der Waals surface area contributed by atoms with Crippen molar-refractivity contribution < 1.29 is 14.3 Å². The van der Waals surface area contributed by atoms with Gasteiger partial charge in [-0.3, -0.25) is 4.79 Å². The van der Waals surface area contributed by atoms with Gasteiger partial charge >= 0.3 is 5.97 Å². The number of carbonyl (C=O) groups is 2. The van der Waals surface area contributed by atoms with E-state index < -0.39 is 0 Å². The Balaban J connectivity index is 2.50. The molecule has 1 unspecified atom stereocenters. The monoisotopic (exact) mass is 185 g/mol. The van der Waals surface area contributed by atoms with Gasteiger partial charge in [0.1, 0.15) is 6.04 Å². The van der Waals surface area contributed by atoms with Gasteiger partial charge in [0.25, 0.3) is 0 Å². The van der Waals surface area contributed by atoms with Gasteiger partial charge in [-0.25, -0.2) is 4.79 Å². The van der Waals surface area contributed by atoms with E-state index in [1.165, 1.54) is 4.90 Å². The van der Waals surface area contributed by atoms with Crippen molar-refractivity contribution in [3.05, 3.63) is 0 Å². The predicted molar refractivity (Wildman–Crippen MR) is 47.0 cm³/mol. The lowest BCUT2D eigenvalue weighted by atomic mass is 10.2. The van der Waals surface area contributed by atoms with Crippen LogP contribution >= 0.6 is 0 Å². The molecule has 0 aromatic heterocycles. The van der Waals surface area contributed by atoms with E-state index in [1.54, 1.807) is 13.8 Å². The lowest BCUT2D eigenvalue weighted by Crippen LogP contribution is -2.37. The van der Waals surface area contributed by atoms with E-state index in [0.717, 1.165) is 19.3 Å². The molecular weight excluding hydrogens is 170 g/mol. The third-order valence-corrected chi connectivity index (χ3v) is 2.05. The average molecular weight is 185 g/mol. The predicted octanol–water partition coefficient (Wildman–Crippen LogP) is 0.559. The van der Waals surface area contributed by atoms with Crippen molar-refractivity contribution in [2.75, 3.05) is 6.54 Å². The molecule has 1 amide bonds. The molecule has 0 saturated carbocycles. The maximum absolute atomic E-state index is 11.4. The van der Waals surface area contributed by atoms with Crippen molar-refractivity contribution in [1.29, 1.82) is 0 Å². The molecule has 4 heteroatoms. The molecule has 1 saturated heterocycles. The van der Waals surface area contributed by atoms with Crippen LogP contribution in [0.5, 0.6) is 0 Å². The first-order chi connectivity index (χ1) is 6.15. The van der Waals surface area contributed by atoms with Crippen molar-refractivity contribution in [2.24, 2.45) is 0 Å². The normalized spacial score (nSPS) is 22.1. The molecule has 1 heterocycles. The van der Waals surface area contributed by atoms with Gasteiger partial charge in [-0.15, -0.1) is 0 Å². The second-order valence-corrected chi connectivity index (χ2v) is 3.49. The minimum Gasteiger partial charge on any atom is -0.461 e. The van der Waals surface area contributed by atoms with Gasteiger partial charge in [0, 0.05) is 6.54 Å². The standard InChI is InChI=1S/C9H15NO3/c1-7(2)13-9(12)8-4-3-5-10(8)6-11/h6-8H,3-5H2,1-2H3. The Bertz CT molecular complexity index is 203. The zero-order valence-electron chi connectivity index (χ0n) is 8.03. The maximum Gasteiger partial charge on any atom is 0.329 e. The van der Waals surface area contributed by atoms with E-state index in [4.69, 9.17) is 4.74 Å². The highest BCUT2D eigenvalue weighted by Gasteiger charge is 2.31. The molecule has 0 radical (unpaired) electrons. The maximum atomic E-state index is 11.4. The van der Waals surface area contributed by atoms with Gasteiger partial charge in [-0.05, 0) is 26.7 Å². The molecule has 0 aromatic carbocycles. The lowest BCUT2D eigenvalue weighted by molar-refractivity contribution is -0.154. The van der Waals surface area contributed by atoms with Gasteiger partial charge in [0.2, 0.25) is 6.41 Å². The van der Waals surface area contributed by atoms with Crippen LogP contribution in [0.2, 0.25) is 0 Å². The fourth-order valence-corrected chi connectivity index (χ4v) is 1.48. The highest BCUT2D eigenvalue weighted by atomic mass is 16.5. The van der Waals surface area contributed by atoms with Crippen LogP contribution in [0, 0.1) is 0 Å². The molecule has 0 bridgehead atoms. The second-order valence-electron chi connectivity index (χ2n) is 3.49. The molecular formula is C9H15NO3. The second kappa shape index (κ2) is 4.25. The van der Waals surface area contributed by atoms with Crippen LogP contribution in [0.25, 0.3) is 0 Å². The number of hydrogen-bond donors (Lipinski definition) is 0. The first-order valence-electron chi connectivity index (χ1n) is 4.56. The van der Waals surface area contributed by atoms with E-state index in [0.29, 0.717) is 6.54 Å². The molecule has 0 N–H and O–H groups in total. The minimum atomic E-state index is -0.347. The van der Waals surface area contributed by atoms with Crippen molar-refractivity contribution >= 4 is 12.4 Å². The zero-order chi connectivity index (χ0) is 9.84. The molecule has 1 fully saturated rings. The summed E-state index contributed by atoms with van der Waals surface area (Å²) in [7, 11) is 0. The van der Waals surface area contributed by atoms with Gasteiger partial charge in [-0.1, -0.05) is 0 Å². The number of rotatable bonds is 3. The summed E-state index contributed by atoms with van der Waals surface area (Å²) in [5.74, 6) is -0.278. The van der Waals surface area contributed by atoms with Crippen LogP contribution in [0.4, 0.5) is 0 Å². The summed E-state index contributed by atoms with van der Waals surface area (Å²) in [6, 6.07) is -0.347. The van der Waals surface area contributed by atoms with E-state index in [1.807, 2.05) is 0 Å². The molecule has 4 nitrogen and oxygen atoms in total. The number of amides is 1. The average Bonchev–Trinajstić information content (AvgIpc) is 2.49. The van der Waals surface area contributed by atoms with Crippen molar-refractivity contribution in [3.8, 4) is 0 Å². The molecule has 74 valence electrons. The lowest BCUT2D eigenvalue weighted by Gasteiger charge is -2.19. The Hall–Kier alpha value is -1.06. The Morgan fingerprint density at radius 1 is 1.62 bits per heavy atom. The topological polar surface area (TPSA) is 46.6 Å². The molecule has 13 heavy (non-hydrogen) atoms. The molecule has 1 rings (SSSR count). The Labute approximate surface area is 77.8 Å². The highest BCUT2D eigenvalue weighted by molar-refractivity contribution is 5.78. The molecule has 1 aliphatic heterocycles. The Kier molecular flexibility index (Phi) is 3.28. The summed E-state index contributed by atoms with van der Waals surface area (Å²) in [4.78, 5) is 23.4. The van der Waals surface area contributed by atoms with Gasteiger partial charge in [0.15, 0.2) is 0 Å². The fraction of sp³-hybridized carbons (Fsp3) is 0.778. The number of ether oxygens (including phenoxy) is 1. The summed E-state index contributed by atoms with van der Waals surface area (Å²) >= 11 is 0. The Morgan fingerprint density at radius 3 is 2.85 bits per heavy atom. The first kappa shape index (κ1) is 10.0. The van der Waals surface area contributed by atoms with Gasteiger partial charge in [0.05, 0.1) is 6.10 Å². The summed E-state index contributed by atoms with van der Waals surface area (Å²) in [5.41, 5.74) is 0.